The first kappa shape index (κ1) is 30.4. The topological polar surface area (TPSA) is 258 Å². The number of imidazole rings is 1. The summed E-state index contributed by atoms with van der Waals surface area (Å²) in [5.74, 6) is -0.813. The van der Waals surface area contributed by atoms with E-state index in [-0.39, 0.29) is 30.8 Å². The summed E-state index contributed by atoms with van der Waals surface area (Å²) >= 11 is 0. The first-order chi connectivity index (χ1) is 19.1. The van der Waals surface area contributed by atoms with Crippen molar-refractivity contribution in [2.75, 3.05) is 39.4 Å². The molecule has 1 aliphatic heterocycles. The van der Waals surface area contributed by atoms with Crippen molar-refractivity contribution in [3.63, 3.8) is 0 Å². The largest absolute Gasteiger partial charge is 0.492 e. The van der Waals surface area contributed by atoms with E-state index in [1.54, 1.807) is 10.9 Å². The molecular weight excluding hydrogens is 613 g/mol. The van der Waals surface area contributed by atoms with Gasteiger partial charge in [-0.3, -0.25) is 22.9 Å². The molecule has 41 heavy (non-hydrogen) atoms. The van der Waals surface area contributed by atoms with Crippen molar-refractivity contribution in [3.05, 3.63) is 6.33 Å². The number of aromatic nitrogens is 4. The molecule has 2 aromatic heterocycles. The van der Waals surface area contributed by atoms with Crippen LogP contribution in [0.2, 0.25) is 0 Å². The van der Waals surface area contributed by atoms with Gasteiger partial charge in [-0.25, -0.2) is 18.7 Å². The third-order valence-corrected chi connectivity index (χ3v) is 12.3. The zero-order valence-electron chi connectivity index (χ0n) is 22.3. The van der Waals surface area contributed by atoms with Crippen LogP contribution in [0, 0.1) is 5.92 Å². The molecule has 2 aromatic rings. The number of nitrogens with two attached hydrogens (primary N) is 2. The number of ether oxygens (including phenoxy) is 2. The number of phosphoric acid groups is 3. The van der Waals surface area contributed by atoms with Crippen LogP contribution >= 0.6 is 23.5 Å². The summed E-state index contributed by atoms with van der Waals surface area (Å²) < 4.78 is 80.1. The third-order valence-electron chi connectivity index (χ3n) is 7.18. The monoisotopic (exact) mass is 642 g/mol. The Hall–Kier alpha value is -2.01. The van der Waals surface area contributed by atoms with Gasteiger partial charge >= 0.3 is 29.4 Å². The van der Waals surface area contributed by atoms with Crippen LogP contribution in [-0.2, 0) is 54.7 Å². The van der Waals surface area contributed by atoms with Crippen molar-refractivity contribution in [1.29, 1.82) is 0 Å². The second kappa shape index (κ2) is 10.3. The molecule has 3 fully saturated rings. The van der Waals surface area contributed by atoms with Crippen LogP contribution in [0.25, 0.3) is 11.2 Å². The smallest absolute Gasteiger partial charge is 0.465 e. The van der Waals surface area contributed by atoms with Gasteiger partial charge in [-0.05, 0) is 6.42 Å². The average molecular weight is 642 g/mol. The minimum Gasteiger partial charge on any atom is -0.465 e. The summed E-state index contributed by atoms with van der Waals surface area (Å²) in [5.41, 5.74) is 10.7. The van der Waals surface area contributed by atoms with Crippen molar-refractivity contribution in [1.82, 2.24) is 19.5 Å². The van der Waals surface area contributed by atoms with E-state index in [2.05, 4.69) is 28.3 Å². The van der Waals surface area contributed by atoms with Crippen molar-refractivity contribution in [2.45, 2.75) is 49.5 Å². The van der Waals surface area contributed by atoms with Crippen molar-refractivity contribution < 1.29 is 59.6 Å². The molecule has 2 aliphatic carbocycles. The van der Waals surface area contributed by atoms with E-state index < -0.39 is 52.7 Å². The van der Waals surface area contributed by atoms with E-state index in [4.69, 9.17) is 34.3 Å². The van der Waals surface area contributed by atoms with E-state index in [0.29, 0.717) is 24.0 Å². The summed E-state index contributed by atoms with van der Waals surface area (Å²) in [5, 5.41) is 0. The van der Waals surface area contributed by atoms with Crippen LogP contribution < -0.4 is 11.5 Å². The fraction of sp³-hybridized carbons (Fsp3) is 0.684. The molecule has 22 heteroatoms. The molecule has 7 unspecified atom stereocenters. The summed E-state index contributed by atoms with van der Waals surface area (Å²) in [6.45, 7) is 1.23. The maximum atomic E-state index is 13.3. The summed E-state index contributed by atoms with van der Waals surface area (Å²) in [4.78, 5) is 33.6. The number of phosphoric ester groups is 2. The lowest BCUT2D eigenvalue weighted by molar-refractivity contribution is -0.143. The molecule has 5 rings (SSSR count). The molecule has 0 radical (unpaired) electrons. The van der Waals surface area contributed by atoms with E-state index in [1.807, 2.05) is 0 Å². The molecule has 2 saturated carbocycles. The van der Waals surface area contributed by atoms with E-state index in [9.17, 15) is 23.4 Å². The van der Waals surface area contributed by atoms with Crippen LogP contribution in [0.3, 0.4) is 0 Å². The molecule has 0 bridgehead atoms. The number of anilines is 2. The van der Waals surface area contributed by atoms with E-state index in [1.165, 1.54) is 6.92 Å². The molecule has 1 saturated heterocycles. The van der Waals surface area contributed by atoms with E-state index in [0.717, 1.165) is 21.3 Å². The summed E-state index contributed by atoms with van der Waals surface area (Å²) in [6.07, 6.45) is 1.73. The highest BCUT2D eigenvalue weighted by Gasteiger charge is 2.77. The predicted molar refractivity (Wildman–Crippen MR) is 137 cm³/mol. The molecule has 2 spiro atoms. The number of carbonyl (C=O) groups excluding carboxylic acids is 1. The molecule has 3 aliphatic rings. The number of nitrogen functional groups attached to an aromatic ring is 2. The Morgan fingerprint density at radius 3 is 2.44 bits per heavy atom. The molecule has 0 amide bonds. The number of nitrogens with zero attached hydrogens (tertiary/aromatic N) is 4. The highest BCUT2D eigenvalue weighted by Crippen LogP contribution is 2.75. The van der Waals surface area contributed by atoms with Crippen molar-refractivity contribution in [3.8, 4) is 0 Å². The lowest BCUT2D eigenvalue weighted by Gasteiger charge is -2.24. The highest BCUT2D eigenvalue weighted by molar-refractivity contribution is 7.67. The van der Waals surface area contributed by atoms with Crippen LogP contribution in [0.15, 0.2) is 6.33 Å². The number of carbonyl (C=O) groups is 1. The highest BCUT2D eigenvalue weighted by atomic mass is 31.3. The Morgan fingerprint density at radius 2 is 1.80 bits per heavy atom. The molecular formula is C19H29N6O13P3. The standard InChI is InChI=1S/C19H29N6O13P3/c1-10(26)34-8-11-5-18(6-12(18)25-9-22-14-15(20)23-17(21)24-16(14)25)36-19(11)7-13(19)35-40(29,32-3)38-41(30,33-4)37-39(27,28)31-2/h9,11-13H,5-8H2,1-4H3,(H,27,28)(H4,20,21,23,24)/t11-,12?,13?,18?,19?,40?,41?/m1/s1. The molecule has 3 heterocycles. The minimum atomic E-state index is -4.98. The Morgan fingerprint density at radius 1 is 1.10 bits per heavy atom. The Labute approximate surface area is 232 Å². The molecule has 228 valence electrons. The van der Waals surface area contributed by atoms with Gasteiger partial charge in [0.1, 0.15) is 17.2 Å². The first-order valence-corrected chi connectivity index (χ1v) is 16.4. The Balaban J connectivity index is 1.37. The van der Waals surface area contributed by atoms with Gasteiger partial charge in [0.05, 0.1) is 24.6 Å². The second-order valence-corrected chi connectivity index (χ2v) is 15.0. The molecule has 19 nitrogen and oxygen atoms in total. The maximum Gasteiger partial charge on any atom is 0.492 e. The van der Waals surface area contributed by atoms with Gasteiger partial charge in [0.25, 0.3) is 0 Å². The SMILES string of the molecule is COP(=O)(O)OP(=O)(OC)OP(=O)(OC)OC1CC12OC1(CC1n1cnc3c(N)nc(N)nc31)C[C@@H]2COC(C)=O. The van der Waals surface area contributed by atoms with Gasteiger partial charge in [0, 0.05) is 47.0 Å². The number of rotatable bonds is 12. The van der Waals surface area contributed by atoms with Gasteiger partial charge in [-0.15, -0.1) is 0 Å². The lowest BCUT2D eigenvalue weighted by Crippen LogP contribution is -2.28. The fourth-order valence-corrected chi connectivity index (χ4v) is 9.40. The van der Waals surface area contributed by atoms with Gasteiger partial charge in [0.15, 0.2) is 11.5 Å². The summed E-state index contributed by atoms with van der Waals surface area (Å²) in [7, 11) is -12.0. The van der Waals surface area contributed by atoms with Crippen LogP contribution in [-0.4, -0.2) is 75.6 Å². The van der Waals surface area contributed by atoms with Gasteiger partial charge in [-0.1, -0.05) is 0 Å². The number of esters is 1. The van der Waals surface area contributed by atoms with Crippen molar-refractivity contribution >= 4 is 52.4 Å². The fourth-order valence-electron chi connectivity index (χ4n) is 5.15. The average Bonchev–Trinajstić information content (AvgIpc) is 3.65. The van der Waals surface area contributed by atoms with Gasteiger partial charge < -0.3 is 30.4 Å². The van der Waals surface area contributed by atoms with Crippen LogP contribution in [0.5, 0.6) is 0 Å². The quantitative estimate of drug-likeness (QED) is 0.221. The van der Waals surface area contributed by atoms with Gasteiger partial charge in [-0.2, -0.15) is 18.6 Å². The summed E-state index contributed by atoms with van der Waals surface area (Å²) in [6, 6.07) is -0.248. The van der Waals surface area contributed by atoms with Gasteiger partial charge in [0.2, 0.25) is 5.95 Å². The zero-order valence-corrected chi connectivity index (χ0v) is 25.0. The normalized spacial score (nSPS) is 33.0. The van der Waals surface area contributed by atoms with Crippen LogP contribution in [0.4, 0.5) is 11.8 Å². The van der Waals surface area contributed by atoms with Crippen molar-refractivity contribution in [2.24, 2.45) is 5.92 Å². The van der Waals surface area contributed by atoms with E-state index >= 15 is 0 Å². The van der Waals surface area contributed by atoms with Crippen LogP contribution in [0.1, 0.15) is 32.2 Å². The Bertz CT molecular complexity index is 1520. The third kappa shape index (κ3) is 5.69. The minimum absolute atomic E-state index is 0.0191. The molecule has 0 aromatic carbocycles. The number of hydrogen-bond acceptors (Lipinski definition) is 17. The molecule has 8 atom stereocenters. The number of hydrogen-bond donors (Lipinski definition) is 3. The lowest BCUT2D eigenvalue weighted by atomic mass is 9.97. The Kier molecular flexibility index (Phi) is 7.66. The molecule has 5 N–H and O–H groups in total. The zero-order chi connectivity index (χ0) is 30.0. The first-order valence-electron chi connectivity index (χ1n) is 12.0. The number of fused-ring (bicyclic) bond motifs is 1. The predicted octanol–water partition coefficient (Wildman–Crippen LogP) is 2.09. The second-order valence-electron chi connectivity index (χ2n) is 9.71. The maximum absolute atomic E-state index is 13.3.